The molecular weight excluding hydrogens is 264 g/mol. The van der Waals surface area contributed by atoms with Gasteiger partial charge in [0, 0.05) is 6.54 Å². The molecular formula is C17H24N2O2. The molecule has 2 saturated heterocycles. The molecule has 0 unspecified atom stereocenters. The summed E-state index contributed by atoms with van der Waals surface area (Å²) in [6.45, 7) is 2.61. The van der Waals surface area contributed by atoms with Crippen molar-refractivity contribution in [2.75, 3.05) is 26.2 Å². The van der Waals surface area contributed by atoms with Crippen LogP contribution in [-0.4, -0.2) is 48.2 Å². The Morgan fingerprint density at radius 3 is 2.67 bits per heavy atom. The summed E-state index contributed by atoms with van der Waals surface area (Å²) >= 11 is 0. The number of amides is 1. The molecule has 1 atom stereocenters. The van der Waals surface area contributed by atoms with Gasteiger partial charge in [0.2, 0.25) is 5.91 Å². The van der Waals surface area contributed by atoms with Gasteiger partial charge in [-0.3, -0.25) is 4.79 Å². The highest BCUT2D eigenvalue weighted by atomic mass is 16.3. The molecule has 0 saturated carbocycles. The molecule has 0 aliphatic carbocycles. The monoisotopic (exact) mass is 288 g/mol. The fraction of sp³-hybridized carbons (Fsp3) is 0.588. The molecule has 4 nitrogen and oxygen atoms in total. The van der Waals surface area contributed by atoms with Crippen LogP contribution < -0.4 is 5.32 Å². The largest absolute Gasteiger partial charge is 0.394 e. The number of hydrogen-bond donors (Lipinski definition) is 2. The Morgan fingerprint density at radius 2 is 2.00 bits per heavy atom. The summed E-state index contributed by atoms with van der Waals surface area (Å²) in [6.07, 6.45) is 3.60. The van der Waals surface area contributed by atoms with E-state index >= 15 is 0 Å². The van der Waals surface area contributed by atoms with Crippen molar-refractivity contribution in [2.45, 2.75) is 37.1 Å². The predicted molar refractivity (Wildman–Crippen MR) is 82.0 cm³/mol. The predicted octanol–water partition coefficient (Wildman–Crippen LogP) is 1.29. The zero-order valence-electron chi connectivity index (χ0n) is 12.4. The van der Waals surface area contributed by atoms with E-state index in [4.69, 9.17) is 0 Å². The SMILES string of the molecule is O=C(N1CCC[C@H]1CO)C1(c2ccccc2)CCNCC1. The second-order valence-corrected chi connectivity index (χ2v) is 6.18. The van der Waals surface area contributed by atoms with Crippen LogP contribution in [0.15, 0.2) is 30.3 Å². The Morgan fingerprint density at radius 1 is 1.29 bits per heavy atom. The molecule has 0 radical (unpaired) electrons. The van der Waals surface area contributed by atoms with E-state index in [1.165, 1.54) is 0 Å². The second-order valence-electron chi connectivity index (χ2n) is 6.18. The van der Waals surface area contributed by atoms with Gasteiger partial charge in [0.05, 0.1) is 18.1 Å². The highest BCUT2D eigenvalue weighted by molar-refractivity contribution is 5.89. The van der Waals surface area contributed by atoms with Crippen molar-refractivity contribution in [1.29, 1.82) is 0 Å². The molecule has 1 amide bonds. The number of piperidine rings is 1. The molecule has 2 fully saturated rings. The van der Waals surface area contributed by atoms with E-state index in [1.807, 2.05) is 23.1 Å². The fourth-order valence-corrected chi connectivity index (χ4v) is 3.80. The van der Waals surface area contributed by atoms with Gasteiger partial charge in [0.15, 0.2) is 0 Å². The lowest BCUT2D eigenvalue weighted by molar-refractivity contribution is -0.140. The van der Waals surface area contributed by atoms with Crippen LogP contribution >= 0.6 is 0 Å². The van der Waals surface area contributed by atoms with Crippen LogP contribution in [-0.2, 0) is 10.2 Å². The van der Waals surface area contributed by atoms with E-state index in [0.717, 1.165) is 50.9 Å². The number of likely N-dealkylation sites (tertiary alicyclic amines) is 1. The minimum Gasteiger partial charge on any atom is -0.394 e. The van der Waals surface area contributed by atoms with Crippen molar-refractivity contribution in [1.82, 2.24) is 10.2 Å². The van der Waals surface area contributed by atoms with Crippen molar-refractivity contribution in [3.05, 3.63) is 35.9 Å². The molecule has 2 heterocycles. The number of aliphatic hydroxyl groups is 1. The van der Waals surface area contributed by atoms with Crippen LogP contribution in [0.3, 0.4) is 0 Å². The van der Waals surface area contributed by atoms with Crippen molar-refractivity contribution < 1.29 is 9.90 Å². The number of aliphatic hydroxyl groups excluding tert-OH is 1. The normalized spacial score (nSPS) is 25.0. The van der Waals surface area contributed by atoms with Crippen molar-refractivity contribution in [2.24, 2.45) is 0 Å². The summed E-state index contributed by atoms with van der Waals surface area (Å²) in [5, 5.41) is 12.9. The molecule has 2 aliphatic rings. The molecule has 114 valence electrons. The summed E-state index contributed by atoms with van der Waals surface area (Å²) < 4.78 is 0. The van der Waals surface area contributed by atoms with Gasteiger partial charge in [0.25, 0.3) is 0 Å². The Bertz CT molecular complexity index is 483. The number of hydrogen-bond acceptors (Lipinski definition) is 3. The molecule has 4 heteroatoms. The van der Waals surface area contributed by atoms with Crippen molar-refractivity contribution >= 4 is 5.91 Å². The molecule has 0 aromatic heterocycles. The zero-order chi connectivity index (χ0) is 14.7. The number of nitrogens with zero attached hydrogens (tertiary/aromatic N) is 1. The summed E-state index contributed by atoms with van der Waals surface area (Å²) in [7, 11) is 0. The first-order valence-corrected chi connectivity index (χ1v) is 7.96. The molecule has 2 N–H and O–H groups in total. The standard InChI is InChI=1S/C17H24N2O2/c20-13-15-7-4-12-19(15)16(21)17(8-10-18-11-9-17)14-5-2-1-3-6-14/h1-3,5-6,15,18,20H,4,7-13H2/t15-/m0/s1. The van der Waals surface area contributed by atoms with Gasteiger partial charge in [-0.25, -0.2) is 0 Å². The third-order valence-corrected chi connectivity index (χ3v) is 5.04. The summed E-state index contributed by atoms with van der Waals surface area (Å²) in [4.78, 5) is 15.2. The third-order valence-electron chi connectivity index (χ3n) is 5.04. The molecule has 3 rings (SSSR count). The number of carbonyl (C=O) groups is 1. The van der Waals surface area contributed by atoms with Crippen LogP contribution in [0.4, 0.5) is 0 Å². The minimum absolute atomic E-state index is 0.00738. The van der Waals surface area contributed by atoms with E-state index in [1.54, 1.807) is 0 Å². The summed E-state index contributed by atoms with van der Waals surface area (Å²) in [6, 6.07) is 10.2. The third kappa shape index (κ3) is 2.58. The van der Waals surface area contributed by atoms with Gasteiger partial charge in [0.1, 0.15) is 0 Å². The Labute approximate surface area is 126 Å². The first-order chi connectivity index (χ1) is 10.3. The Balaban J connectivity index is 1.94. The number of carbonyl (C=O) groups excluding carboxylic acids is 1. The minimum atomic E-state index is -0.412. The lowest BCUT2D eigenvalue weighted by Crippen LogP contribution is -2.53. The number of nitrogens with one attached hydrogen (secondary N) is 1. The summed E-state index contributed by atoms with van der Waals surface area (Å²) in [5.41, 5.74) is 0.713. The van der Waals surface area contributed by atoms with Crippen LogP contribution in [0.2, 0.25) is 0 Å². The maximum absolute atomic E-state index is 13.3. The first kappa shape index (κ1) is 14.5. The number of rotatable bonds is 3. The van der Waals surface area contributed by atoms with E-state index in [2.05, 4.69) is 17.4 Å². The van der Waals surface area contributed by atoms with Gasteiger partial charge in [-0.15, -0.1) is 0 Å². The molecule has 0 bridgehead atoms. The lowest BCUT2D eigenvalue weighted by atomic mass is 9.72. The molecule has 0 spiro atoms. The maximum atomic E-state index is 13.3. The Hall–Kier alpha value is -1.39. The average molecular weight is 288 g/mol. The maximum Gasteiger partial charge on any atom is 0.233 e. The van der Waals surface area contributed by atoms with Gasteiger partial charge in [-0.1, -0.05) is 30.3 Å². The van der Waals surface area contributed by atoms with E-state index in [9.17, 15) is 9.90 Å². The molecule has 2 aliphatic heterocycles. The second kappa shape index (κ2) is 6.16. The molecule has 1 aromatic rings. The highest BCUT2D eigenvalue weighted by Crippen LogP contribution is 2.37. The topological polar surface area (TPSA) is 52.6 Å². The van der Waals surface area contributed by atoms with Crippen LogP contribution in [0, 0.1) is 0 Å². The van der Waals surface area contributed by atoms with Crippen molar-refractivity contribution in [3.63, 3.8) is 0 Å². The van der Waals surface area contributed by atoms with Crippen LogP contribution in [0.25, 0.3) is 0 Å². The Kier molecular flexibility index (Phi) is 4.27. The van der Waals surface area contributed by atoms with Gasteiger partial charge in [-0.05, 0) is 44.3 Å². The van der Waals surface area contributed by atoms with E-state index in [-0.39, 0.29) is 18.6 Å². The molecule has 21 heavy (non-hydrogen) atoms. The smallest absolute Gasteiger partial charge is 0.233 e. The zero-order valence-corrected chi connectivity index (χ0v) is 12.4. The number of benzene rings is 1. The fourth-order valence-electron chi connectivity index (χ4n) is 3.80. The van der Waals surface area contributed by atoms with Crippen LogP contribution in [0.5, 0.6) is 0 Å². The average Bonchev–Trinajstić information content (AvgIpc) is 3.04. The van der Waals surface area contributed by atoms with Gasteiger partial charge >= 0.3 is 0 Å². The molecule has 1 aromatic carbocycles. The van der Waals surface area contributed by atoms with Crippen LogP contribution in [0.1, 0.15) is 31.2 Å². The lowest BCUT2D eigenvalue weighted by Gasteiger charge is -2.41. The van der Waals surface area contributed by atoms with Gasteiger partial charge in [-0.2, -0.15) is 0 Å². The highest BCUT2D eigenvalue weighted by Gasteiger charge is 2.45. The van der Waals surface area contributed by atoms with Gasteiger partial charge < -0.3 is 15.3 Å². The summed E-state index contributed by atoms with van der Waals surface area (Å²) in [5.74, 6) is 0.215. The quantitative estimate of drug-likeness (QED) is 0.881. The van der Waals surface area contributed by atoms with E-state index < -0.39 is 5.41 Å². The first-order valence-electron chi connectivity index (χ1n) is 7.96. The van der Waals surface area contributed by atoms with Crippen molar-refractivity contribution in [3.8, 4) is 0 Å². The van der Waals surface area contributed by atoms with E-state index in [0.29, 0.717) is 0 Å².